The van der Waals surface area contributed by atoms with Gasteiger partial charge in [0.15, 0.2) is 0 Å². The van der Waals surface area contributed by atoms with E-state index in [1.54, 1.807) is 25.3 Å². The Morgan fingerprint density at radius 2 is 1.95 bits per heavy atom. The van der Waals surface area contributed by atoms with Gasteiger partial charge in [0.2, 0.25) is 0 Å². The minimum absolute atomic E-state index is 0.479. The van der Waals surface area contributed by atoms with Crippen LogP contribution >= 0.6 is 11.6 Å². The Morgan fingerprint density at radius 3 is 2.70 bits per heavy atom. The average Bonchev–Trinajstić information content (AvgIpc) is 2.90. The highest BCUT2D eigenvalue weighted by molar-refractivity contribution is 6.30. The number of furan rings is 1. The van der Waals surface area contributed by atoms with E-state index in [0.29, 0.717) is 22.1 Å². The maximum absolute atomic E-state index is 10.5. The van der Waals surface area contributed by atoms with Gasteiger partial charge in [-0.3, -0.25) is 0 Å². The van der Waals surface area contributed by atoms with E-state index < -0.39 is 6.10 Å². The molecule has 1 atom stereocenters. The van der Waals surface area contributed by atoms with Gasteiger partial charge >= 0.3 is 0 Å². The van der Waals surface area contributed by atoms with Crippen molar-refractivity contribution in [2.24, 2.45) is 0 Å². The van der Waals surface area contributed by atoms with Crippen LogP contribution in [-0.2, 0) is 0 Å². The lowest BCUT2D eigenvalue weighted by atomic mass is 10.1. The third kappa shape index (κ3) is 2.26. The maximum atomic E-state index is 10.5. The fourth-order valence-electron chi connectivity index (χ4n) is 2.20. The molecule has 0 aliphatic carbocycles. The summed E-state index contributed by atoms with van der Waals surface area (Å²) < 4.78 is 10.9. The lowest BCUT2D eigenvalue weighted by molar-refractivity contribution is 0.188. The first-order chi connectivity index (χ1) is 9.69. The summed E-state index contributed by atoms with van der Waals surface area (Å²) in [4.78, 5) is 0. The predicted octanol–water partition coefficient (Wildman–Crippen LogP) is 4.18. The highest BCUT2D eigenvalue weighted by Gasteiger charge is 2.19. The number of hydrogen-bond donors (Lipinski definition) is 1. The van der Waals surface area contributed by atoms with Crippen molar-refractivity contribution in [2.75, 3.05) is 7.11 Å². The van der Waals surface area contributed by atoms with Crippen LogP contribution in [0.3, 0.4) is 0 Å². The second-order valence-electron chi connectivity index (χ2n) is 4.48. The van der Waals surface area contributed by atoms with Crippen molar-refractivity contribution in [3.8, 4) is 5.75 Å². The molecule has 0 aliphatic heterocycles. The Bertz CT molecular complexity index is 715. The summed E-state index contributed by atoms with van der Waals surface area (Å²) in [6, 6.07) is 14.6. The quantitative estimate of drug-likeness (QED) is 0.786. The Kier molecular flexibility index (Phi) is 3.38. The van der Waals surface area contributed by atoms with Gasteiger partial charge in [-0.15, -0.1) is 0 Å². The number of rotatable bonds is 3. The molecular formula is C16H13ClO3. The zero-order valence-electron chi connectivity index (χ0n) is 10.8. The zero-order chi connectivity index (χ0) is 14.1. The van der Waals surface area contributed by atoms with Crippen LogP contribution in [0.1, 0.15) is 17.4 Å². The molecule has 0 amide bonds. The number of fused-ring (bicyclic) bond motifs is 1. The van der Waals surface area contributed by atoms with E-state index >= 15 is 0 Å². The molecule has 1 aromatic heterocycles. The van der Waals surface area contributed by atoms with Gasteiger partial charge in [-0.05, 0) is 24.3 Å². The molecule has 0 saturated carbocycles. The van der Waals surface area contributed by atoms with Gasteiger partial charge in [0.25, 0.3) is 0 Å². The number of aliphatic hydroxyl groups excluding tert-OH is 1. The molecule has 0 radical (unpaired) electrons. The lowest BCUT2D eigenvalue weighted by Crippen LogP contribution is -2.01. The van der Waals surface area contributed by atoms with Crippen molar-refractivity contribution in [1.29, 1.82) is 0 Å². The van der Waals surface area contributed by atoms with Gasteiger partial charge in [-0.1, -0.05) is 35.9 Å². The van der Waals surface area contributed by atoms with Crippen LogP contribution in [0.4, 0.5) is 0 Å². The molecule has 3 rings (SSSR count). The Labute approximate surface area is 121 Å². The molecule has 1 heterocycles. The van der Waals surface area contributed by atoms with Crippen molar-refractivity contribution in [1.82, 2.24) is 0 Å². The Balaban J connectivity index is 2.05. The molecular weight excluding hydrogens is 276 g/mol. The first-order valence-corrected chi connectivity index (χ1v) is 6.57. The second-order valence-corrected chi connectivity index (χ2v) is 4.91. The second kappa shape index (κ2) is 5.19. The van der Waals surface area contributed by atoms with E-state index in [1.807, 2.05) is 30.3 Å². The average molecular weight is 289 g/mol. The summed E-state index contributed by atoms with van der Waals surface area (Å²) in [6.45, 7) is 0. The van der Waals surface area contributed by atoms with E-state index in [1.165, 1.54) is 0 Å². The van der Waals surface area contributed by atoms with Crippen LogP contribution in [0.2, 0.25) is 5.02 Å². The molecule has 0 saturated heterocycles. The zero-order valence-corrected chi connectivity index (χ0v) is 11.6. The van der Waals surface area contributed by atoms with Gasteiger partial charge in [0.1, 0.15) is 23.2 Å². The van der Waals surface area contributed by atoms with E-state index in [0.717, 1.165) is 11.0 Å². The topological polar surface area (TPSA) is 42.6 Å². The summed E-state index contributed by atoms with van der Waals surface area (Å²) >= 11 is 5.93. The molecule has 0 fully saturated rings. The number of halogens is 1. The number of para-hydroxylation sites is 1. The predicted molar refractivity (Wildman–Crippen MR) is 78.3 cm³/mol. The van der Waals surface area contributed by atoms with Gasteiger partial charge in [0.05, 0.1) is 7.11 Å². The van der Waals surface area contributed by atoms with Crippen LogP contribution < -0.4 is 4.74 Å². The number of benzene rings is 2. The minimum atomic E-state index is -0.894. The highest BCUT2D eigenvalue weighted by atomic mass is 35.5. The number of hydrogen-bond acceptors (Lipinski definition) is 3. The van der Waals surface area contributed by atoms with Gasteiger partial charge in [0, 0.05) is 16.0 Å². The van der Waals surface area contributed by atoms with Crippen molar-refractivity contribution in [3.63, 3.8) is 0 Å². The Morgan fingerprint density at radius 1 is 1.15 bits per heavy atom. The number of methoxy groups -OCH3 is 1. The van der Waals surface area contributed by atoms with E-state index in [9.17, 15) is 5.11 Å². The molecule has 0 spiro atoms. The molecule has 1 N–H and O–H groups in total. The molecule has 1 unspecified atom stereocenters. The fourth-order valence-corrected chi connectivity index (χ4v) is 2.36. The van der Waals surface area contributed by atoms with Gasteiger partial charge < -0.3 is 14.3 Å². The first-order valence-electron chi connectivity index (χ1n) is 6.19. The van der Waals surface area contributed by atoms with Crippen molar-refractivity contribution in [2.45, 2.75) is 6.10 Å². The van der Waals surface area contributed by atoms with Crippen LogP contribution in [0, 0.1) is 0 Å². The molecule has 2 aromatic carbocycles. The van der Waals surface area contributed by atoms with Crippen molar-refractivity contribution >= 4 is 22.6 Å². The summed E-state index contributed by atoms with van der Waals surface area (Å²) in [7, 11) is 1.54. The van der Waals surface area contributed by atoms with E-state index in [-0.39, 0.29) is 0 Å². The smallest absolute Gasteiger partial charge is 0.140 e. The first kappa shape index (κ1) is 13.0. The van der Waals surface area contributed by atoms with E-state index in [2.05, 4.69) is 0 Å². The number of ether oxygens (including phenoxy) is 1. The number of aliphatic hydroxyl groups is 1. The largest absolute Gasteiger partial charge is 0.496 e. The van der Waals surface area contributed by atoms with Crippen molar-refractivity contribution in [3.05, 3.63) is 64.9 Å². The summed E-state index contributed by atoms with van der Waals surface area (Å²) in [5.74, 6) is 1.01. The molecule has 4 heteroatoms. The lowest BCUT2D eigenvalue weighted by Gasteiger charge is -2.13. The summed E-state index contributed by atoms with van der Waals surface area (Å²) in [5.41, 5.74) is 1.37. The van der Waals surface area contributed by atoms with Gasteiger partial charge in [-0.2, -0.15) is 0 Å². The molecule has 0 aliphatic rings. The minimum Gasteiger partial charge on any atom is -0.496 e. The van der Waals surface area contributed by atoms with E-state index in [4.69, 9.17) is 20.8 Å². The normalized spacial score (nSPS) is 12.6. The summed E-state index contributed by atoms with van der Waals surface area (Å²) in [6.07, 6.45) is -0.894. The van der Waals surface area contributed by atoms with Crippen LogP contribution in [0.15, 0.2) is 52.9 Å². The van der Waals surface area contributed by atoms with Crippen LogP contribution in [0.5, 0.6) is 5.75 Å². The SMILES string of the molecule is COc1cc(Cl)ccc1C(O)c1cc2ccccc2o1. The van der Waals surface area contributed by atoms with Crippen LogP contribution in [-0.4, -0.2) is 12.2 Å². The highest BCUT2D eigenvalue weighted by Crippen LogP contribution is 2.34. The monoisotopic (exact) mass is 288 g/mol. The molecule has 20 heavy (non-hydrogen) atoms. The molecule has 3 nitrogen and oxygen atoms in total. The van der Waals surface area contributed by atoms with Crippen molar-refractivity contribution < 1.29 is 14.3 Å². The summed E-state index contributed by atoms with van der Waals surface area (Å²) in [5, 5.41) is 12.0. The molecule has 3 aromatic rings. The third-order valence-electron chi connectivity index (χ3n) is 3.20. The van der Waals surface area contributed by atoms with Gasteiger partial charge in [-0.25, -0.2) is 0 Å². The fraction of sp³-hybridized carbons (Fsp3) is 0.125. The molecule has 102 valence electrons. The Hall–Kier alpha value is -1.97. The van der Waals surface area contributed by atoms with Crippen LogP contribution in [0.25, 0.3) is 11.0 Å². The molecule has 0 bridgehead atoms. The maximum Gasteiger partial charge on any atom is 0.140 e. The third-order valence-corrected chi connectivity index (χ3v) is 3.44. The standard InChI is InChI=1S/C16H13ClO3/c1-19-14-9-11(17)6-7-12(14)16(18)15-8-10-4-2-3-5-13(10)20-15/h2-9,16,18H,1H3.